The number of aromatic nitrogens is 3. The third kappa shape index (κ3) is 2.30. The van der Waals surface area contributed by atoms with Crippen LogP contribution in [-0.4, -0.2) is 31.4 Å². The average Bonchev–Trinajstić information content (AvgIpc) is 3.05. The lowest BCUT2D eigenvalue weighted by molar-refractivity contribution is -0.139. The molecule has 1 saturated carbocycles. The molecule has 0 radical (unpaired) electrons. The van der Waals surface area contributed by atoms with Gasteiger partial charge < -0.3 is 14.8 Å². The van der Waals surface area contributed by atoms with Gasteiger partial charge in [0, 0.05) is 6.20 Å². The summed E-state index contributed by atoms with van der Waals surface area (Å²) < 4.78 is 2.37. The smallest absolute Gasteiger partial charge is 0.307 e. The van der Waals surface area contributed by atoms with Gasteiger partial charge in [-0.1, -0.05) is 0 Å². The molecule has 0 bridgehead atoms. The van der Waals surface area contributed by atoms with Gasteiger partial charge in [0.05, 0.1) is 24.2 Å². The molecule has 3 rings (SSSR count). The second-order valence-electron chi connectivity index (χ2n) is 4.38. The zero-order valence-corrected chi connectivity index (χ0v) is 11.2. The number of amides is 1. The number of rotatable bonds is 3. The minimum Gasteiger partial charge on any atom is -0.481 e. The van der Waals surface area contributed by atoms with Crippen molar-refractivity contribution in [1.82, 2.24) is 14.4 Å². The number of carboxylic acids is 1. The van der Waals surface area contributed by atoms with Crippen LogP contribution in [0.15, 0.2) is 23.2 Å². The Morgan fingerprint density at radius 3 is 2.89 bits per heavy atom. The Bertz CT molecular complexity index is 684. The summed E-state index contributed by atoms with van der Waals surface area (Å²) in [5, 5.41) is 11.4. The second-order valence-corrected chi connectivity index (χ2v) is 5.19. The van der Waals surface area contributed by atoms with E-state index in [1.165, 1.54) is 0 Å². The standard InChI is InChI=1S/C11H9BrN4O3/c12-7-3-16-4-8(14-9(16)2-13-7)15-10(17)5-1-6(5)11(18)19/h2-6H,1H2,(H,15,17)(H,18,19)/t5-,6+/m1/s1. The van der Waals surface area contributed by atoms with Crippen LogP contribution in [0.3, 0.4) is 0 Å². The first-order valence-electron chi connectivity index (χ1n) is 5.58. The maximum atomic E-state index is 11.8. The summed E-state index contributed by atoms with van der Waals surface area (Å²) in [7, 11) is 0. The predicted molar refractivity (Wildman–Crippen MR) is 68.5 cm³/mol. The van der Waals surface area contributed by atoms with E-state index in [-0.39, 0.29) is 5.91 Å². The lowest BCUT2D eigenvalue weighted by atomic mass is 10.3. The van der Waals surface area contributed by atoms with Gasteiger partial charge in [-0.15, -0.1) is 0 Å². The number of hydrogen-bond acceptors (Lipinski definition) is 4. The summed E-state index contributed by atoms with van der Waals surface area (Å²) in [6, 6.07) is 0. The highest BCUT2D eigenvalue weighted by Gasteiger charge is 2.48. The van der Waals surface area contributed by atoms with Gasteiger partial charge in [-0.05, 0) is 22.4 Å². The van der Waals surface area contributed by atoms with E-state index in [2.05, 4.69) is 31.2 Å². The average molecular weight is 325 g/mol. The van der Waals surface area contributed by atoms with Crippen LogP contribution in [0.1, 0.15) is 6.42 Å². The number of nitrogens with zero attached hydrogens (tertiary/aromatic N) is 3. The molecular formula is C11H9BrN4O3. The number of imidazole rings is 1. The van der Waals surface area contributed by atoms with Crippen LogP contribution in [0.2, 0.25) is 0 Å². The van der Waals surface area contributed by atoms with Crippen molar-refractivity contribution in [3.63, 3.8) is 0 Å². The molecule has 8 heteroatoms. The van der Waals surface area contributed by atoms with E-state index < -0.39 is 17.8 Å². The van der Waals surface area contributed by atoms with E-state index in [1.807, 2.05) is 0 Å². The molecule has 0 saturated heterocycles. The number of halogens is 1. The van der Waals surface area contributed by atoms with Crippen LogP contribution >= 0.6 is 15.9 Å². The van der Waals surface area contributed by atoms with Gasteiger partial charge in [0.15, 0.2) is 11.5 Å². The SMILES string of the molecule is O=C(O)[C@H]1C[C@H]1C(=O)Nc1cn2cc(Br)ncc2n1. The molecule has 0 aromatic carbocycles. The topological polar surface area (TPSA) is 96.6 Å². The molecule has 1 fully saturated rings. The molecule has 2 N–H and O–H groups in total. The molecule has 0 unspecified atom stereocenters. The van der Waals surface area contributed by atoms with Gasteiger partial charge in [0.25, 0.3) is 0 Å². The molecule has 2 atom stereocenters. The number of hydrogen-bond donors (Lipinski definition) is 2. The lowest BCUT2D eigenvalue weighted by Gasteiger charge is -1.98. The fourth-order valence-corrected chi connectivity index (χ4v) is 2.23. The van der Waals surface area contributed by atoms with Crippen LogP contribution in [-0.2, 0) is 9.59 Å². The van der Waals surface area contributed by atoms with Gasteiger partial charge in [-0.25, -0.2) is 9.97 Å². The van der Waals surface area contributed by atoms with Gasteiger partial charge in [0.1, 0.15) is 4.60 Å². The van der Waals surface area contributed by atoms with Crippen molar-refractivity contribution in [2.75, 3.05) is 5.32 Å². The maximum Gasteiger partial charge on any atom is 0.307 e. The normalized spacial score (nSPS) is 21.3. The number of carbonyl (C=O) groups excluding carboxylic acids is 1. The molecule has 19 heavy (non-hydrogen) atoms. The molecule has 1 aliphatic carbocycles. The predicted octanol–water partition coefficient (Wildman–Crippen LogP) is 1.15. The molecule has 2 aromatic heterocycles. The Hall–Kier alpha value is -1.96. The number of carbonyl (C=O) groups is 2. The minimum atomic E-state index is -0.928. The molecule has 1 amide bonds. The first kappa shape index (κ1) is 12.1. The monoisotopic (exact) mass is 324 g/mol. The largest absolute Gasteiger partial charge is 0.481 e. The summed E-state index contributed by atoms with van der Waals surface area (Å²) in [5.41, 5.74) is 0.601. The number of aliphatic carboxylic acids is 1. The second kappa shape index (κ2) is 4.30. The highest BCUT2D eigenvalue weighted by Crippen LogP contribution is 2.39. The zero-order valence-electron chi connectivity index (χ0n) is 9.58. The van der Waals surface area contributed by atoms with E-state index >= 15 is 0 Å². The number of carboxylic acid groups (broad SMARTS) is 1. The molecule has 1 aliphatic rings. The summed E-state index contributed by atoms with van der Waals surface area (Å²) in [6.45, 7) is 0. The molecular weight excluding hydrogens is 316 g/mol. The number of nitrogens with one attached hydrogen (secondary N) is 1. The quantitative estimate of drug-likeness (QED) is 0.882. The third-order valence-electron chi connectivity index (χ3n) is 3.01. The van der Waals surface area contributed by atoms with Crippen LogP contribution in [0, 0.1) is 11.8 Å². The summed E-state index contributed by atoms with van der Waals surface area (Å²) >= 11 is 3.24. The van der Waals surface area contributed by atoms with E-state index in [9.17, 15) is 9.59 Å². The summed E-state index contributed by atoms with van der Waals surface area (Å²) in [4.78, 5) is 30.7. The van der Waals surface area contributed by atoms with Crippen molar-refractivity contribution in [2.45, 2.75) is 6.42 Å². The van der Waals surface area contributed by atoms with Gasteiger partial charge in [-0.3, -0.25) is 9.59 Å². The zero-order chi connectivity index (χ0) is 13.6. The highest BCUT2D eigenvalue weighted by atomic mass is 79.9. The van der Waals surface area contributed by atoms with Crippen LogP contribution in [0.25, 0.3) is 5.65 Å². The first-order valence-corrected chi connectivity index (χ1v) is 6.38. The van der Waals surface area contributed by atoms with E-state index in [1.54, 1.807) is 23.0 Å². The van der Waals surface area contributed by atoms with Crippen LogP contribution in [0.4, 0.5) is 5.82 Å². The Morgan fingerprint density at radius 2 is 2.21 bits per heavy atom. The Labute approximate surface area is 115 Å². The third-order valence-corrected chi connectivity index (χ3v) is 3.42. The van der Waals surface area contributed by atoms with E-state index in [0.717, 1.165) is 0 Å². The number of fused-ring (bicyclic) bond motifs is 1. The molecule has 0 aliphatic heterocycles. The van der Waals surface area contributed by atoms with Crippen molar-refractivity contribution >= 4 is 39.3 Å². The molecule has 0 spiro atoms. The lowest BCUT2D eigenvalue weighted by Crippen LogP contribution is -2.16. The molecule has 2 heterocycles. The molecule has 2 aromatic rings. The van der Waals surface area contributed by atoms with Crippen molar-refractivity contribution in [2.24, 2.45) is 11.8 Å². The van der Waals surface area contributed by atoms with Crippen LogP contribution < -0.4 is 5.32 Å². The van der Waals surface area contributed by atoms with Gasteiger partial charge >= 0.3 is 5.97 Å². The van der Waals surface area contributed by atoms with Crippen LogP contribution in [0.5, 0.6) is 0 Å². The van der Waals surface area contributed by atoms with Crippen molar-refractivity contribution < 1.29 is 14.7 Å². The number of anilines is 1. The van der Waals surface area contributed by atoms with Gasteiger partial charge in [-0.2, -0.15) is 0 Å². The molecule has 7 nitrogen and oxygen atoms in total. The first-order chi connectivity index (χ1) is 9.04. The Balaban J connectivity index is 1.75. The minimum absolute atomic E-state index is 0.303. The summed E-state index contributed by atoms with van der Waals surface area (Å²) in [5.74, 6) is -1.85. The molecule has 98 valence electrons. The van der Waals surface area contributed by atoms with Crippen molar-refractivity contribution in [3.05, 3.63) is 23.2 Å². The van der Waals surface area contributed by atoms with E-state index in [4.69, 9.17) is 5.11 Å². The van der Waals surface area contributed by atoms with Crippen molar-refractivity contribution in [1.29, 1.82) is 0 Å². The van der Waals surface area contributed by atoms with Crippen molar-refractivity contribution in [3.8, 4) is 0 Å². The summed E-state index contributed by atoms with van der Waals surface area (Å²) in [6.07, 6.45) is 5.32. The maximum absolute atomic E-state index is 11.8. The highest BCUT2D eigenvalue weighted by molar-refractivity contribution is 9.10. The Kier molecular flexibility index (Phi) is 2.74. The van der Waals surface area contributed by atoms with E-state index in [0.29, 0.717) is 22.5 Å². The Morgan fingerprint density at radius 1 is 1.42 bits per heavy atom. The fraction of sp³-hybridized carbons (Fsp3) is 0.273. The van der Waals surface area contributed by atoms with Gasteiger partial charge in [0.2, 0.25) is 5.91 Å². The fourth-order valence-electron chi connectivity index (χ4n) is 1.91.